The molecule has 7 aromatic carbocycles. The molecule has 0 saturated heterocycles. The van der Waals surface area contributed by atoms with E-state index in [1.165, 1.54) is 89.1 Å². The number of fused-ring (bicyclic) bond motifs is 8. The Hall–Kier alpha value is -5.86. The molecule has 0 bridgehead atoms. The van der Waals surface area contributed by atoms with Crippen molar-refractivity contribution in [2.24, 2.45) is 0 Å². The fraction of sp³-hybridized carbons (Fsp3) is 0.125. The molecule has 0 radical (unpaired) electrons. The Morgan fingerprint density at radius 3 is 1.56 bits per heavy atom. The van der Waals surface area contributed by atoms with E-state index < -0.39 is 0 Å². The summed E-state index contributed by atoms with van der Waals surface area (Å²) in [4.78, 5) is 2.49. The van der Waals surface area contributed by atoms with Crippen molar-refractivity contribution in [3.63, 3.8) is 0 Å². The highest BCUT2D eigenvalue weighted by molar-refractivity contribution is 6.09. The average molecular weight is 643 g/mol. The van der Waals surface area contributed by atoms with E-state index in [4.69, 9.17) is 0 Å². The first-order valence-corrected chi connectivity index (χ1v) is 17.7. The Balaban J connectivity index is 1.06. The predicted molar refractivity (Wildman–Crippen MR) is 211 cm³/mol. The second-order valence-electron chi connectivity index (χ2n) is 15.0. The number of benzene rings is 7. The van der Waals surface area contributed by atoms with Gasteiger partial charge in [0.15, 0.2) is 0 Å². The zero-order valence-corrected chi connectivity index (χ0v) is 28.9. The normalized spacial score (nSPS) is 15.1. The fourth-order valence-corrected chi connectivity index (χ4v) is 8.98. The van der Waals surface area contributed by atoms with Crippen LogP contribution >= 0.6 is 0 Å². The number of rotatable bonds is 3. The van der Waals surface area contributed by atoms with Crippen molar-refractivity contribution in [1.29, 1.82) is 0 Å². The third-order valence-corrected chi connectivity index (χ3v) is 11.6. The van der Waals surface area contributed by atoms with E-state index in [1.54, 1.807) is 0 Å². The van der Waals surface area contributed by atoms with Crippen molar-refractivity contribution < 1.29 is 0 Å². The van der Waals surface area contributed by atoms with Crippen LogP contribution in [0.15, 0.2) is 158 Å². The molecule has 1 aromatic heterocycles. The summed E-state index contributed by atoms with van der Waals surface area (Å²) in [5, 5.41) is 2.56. The minimum atomic E-state index is -0.142. The molecule has 0 N–H and O–H groups in total. The molecule has 2 aliphatic rings. The lowest BCUT2D eigenvalue weighted by Crippen LogP contribution is -2.31. The molecule has 240 valence electrons. The van der Waals surface area contributed by atoms with E-state index in [0.29, 0.717) is 0 Å². The van der Waals surface area contributed by atoms with Crippen LogP contribution in [0, 0.1) is 0 Å². The highest BCUT2D eigenvalue weighted by Gasteiger charge is 2.42. The van der Waals surface area contributed by atoms with Crippen LogP contribution in [-0.4, -0.2) is 4.57 Å². The standard InChI is InChI=1S/C48H38N2/c1-47(2)39-16-8-5-13-35(39)38-29-42-46(30-41(38)47)50(45-20-12-9-17-40(45)48(42,3)4)34-27-23-32(24-28-34)31-21-25-33(26-22-31)49-43-18-10-6-14-36(43)37-15-7-11-19-44(37)49/h5-30H,1-4H3. The lowest BCUT2D eigenvalue weighted by atomic mass is 9.72. The molecule has 1 aliphatic carbocycles. The minimum Gasteiger partial charge on any atom is -0.310 e. The number of hydrogen-bond donors (Lipinski definition) is 0. The lowest BCUT2D eigenvalue weighted by Gasteiger charge is -2.43. The van der Waals surface area contributed by atoms with E-state index in [9.17, 15) is 0 Å². The van der Waals surface area contributed by atoms with Gasteiger partial charge < -0.3 is 9.47 Å². The van der Waals surface area contributed by atoms with Crippen LogP contribution in [0.3, 0.4) is 0 Å². The highest BCUT2D eigenvalue weighted by Crippen LogP contribution is 2.57. The summed E-state index contributed by atoms with van der Waals surface area (Å²) >= 11 is 0. The highest BCUT2D eigenvalue weighted by atomic mass is 15.2. The summed E-state index contributed by atoms with van der Waals surface area (Å²) in [6.45, 7) is 9.51. The zero-order chi connectivity index (χ0) is 33.8. The first kappa shape index (κ1) is 29.1. The van der Waals surface area contributed by atoms with E-state index in [-0.39, 0.29) is 10.8 Å². The lowest BCUT2D eigenvalue weighted by molar-refractivity contribution is 0.627. The van der Waals surface area contributed by atoms with Crippen LogP contribution in [-0.2, 0) is 10.8 Å². The van der Waals surface area contributed by atoms with Gasteiger partial charge in [0.1, 0.15) is 0 Å². The van der Waals surface area contributed by atoms with Crippen molar-refractivity contribution in [3.8, 4) is 27.9 Å². The largest absolute Gasteiger partial charge is 0.310 e. The van der Waals surface area contributed by atoms with Crippen LogP contribution < -0.4 is 4.90 Å². The second-order valence-corrected chi connectivity index (χ2v) is 15.0. The van der Waals surface area contributed by atoms with Gasteiger partial charge in [-0.2, -0.15) is 0 Å². The van der Waals surface area contributed by atoms with Crippen molar-refractivity contribution in [2.75, 3.05) is 4.90 Å². The monoisotopic (exact) mass is 642 g/mol. The summed E-state index contributed by atoms with van der Waals surface area (Å²) in [7, 11) is 0. The Labute approximate surface area is 293 Å². The zero-order valence-electron chi connectivity index (χ0n) is 28.9. The number of para-hydroxylation sites is 3. The topological polar surface area (TPSA) is 8.17 Å². The Kier molecular flexibility index (Phi) is 6.01. The molecular formula is C48H38N2. The van der Waals surface area contributed by atoms with Crippen LogP contribution in [0.2, 0.25) is 0 Å². The molecule has 2 nitrogen and oxygen atoms in total. The van der Waals surface area contributed by atoms with E-state index >= 15 is 0 Å². The maximum absolute atomic E-state index is 2.49. The summed E-state index contributed by atoms with van der Waals surface area (Å²) in [6.07, 6.45) is 0. The van der Waals surface area contributed by atoms with Crippen molar-refractivity contribution in [3.05, 3.63) is 180 Å². The first-order valence-electron chi connectivity index (χ1n) is 17.7. The quantitative estimate of drug-likeness (QED) is 0.186. The van der Waals surface area contributed by atoms with E-state index in [2.05, 4.69) is 195 Å². The molecule has 1 aliphatic heterocycles. The van der Waals surface area contributed by atoms with Gasteiger partial charge in [-0.15, -0.1) is 0 Å². The molecule has 0 saturated carbocycles. The van der Waals surface area contributed by atoms with Crippen LogP contribution in [0.5, 0.6) is 0 Å². The van der Waals surface area contributed by atoms with Gasteiger partial charge in [-0.1, -0.05) is 131 Å². The van der Waals surface area contributed by atoms with Gasteiger partial charge in [-0.05, 0) is 99.1 Å². The number of anilines is 3. The van der Waals surface area contributed by atoms with Gasteiger partial charge in [0.2, 0.25) is 0 Å². The number of hydrogen-bond acceptors (Lipinski definition) is 1. The van der Waals surface area contributed by atoms with Crippen molar-refractivity contribution >= 4 is 38.9 Å². The second kappa shape index (κ2) is 10.3. The van der Waals surface area contributed by atoms with Gasteiger partial charge in [-0.3, -0.25) is 0 Å². The van der Waals surface area contributed by atoms with Crippen LogP contribution in [0.1, 0.15) is 49.9 Å². The summed E-state index contributed by atoms with van der Waals surface area (Å²) in [5.74, 6) is 0. The Morgan fingerprint density at radius 2 is 0.900 bits per heavy atom. The SMILES string of the molecule is CC1(C)c2ccccc2-c2cc3c(cc21)N(c1ccc(-c2ccc(-n4c5ccccc5c5ccccc54)cc2)cc1)c1ccccc1C3(C)C. The van der Waals surface area contributed by atoms with Crippen molar-refractivity contribution in [2.45, 2.75) is 38.5 Å². The van der Waals surface area contributed by atoms with Gasteiger partial charge in [-0.25, -0.2) is 0 Å². The summed E-state index contributed by atoms with van der Waals surface area (Å²) in [6, 6.07) is 58.4. The molecule has 0 atom stereocenters. The summed E-state index contributed by atoms with van der Waals surface area (Å²) < 4.78 is 2.38. The summed E-state index contributed by atoms with van der Waals surface area (Å²) in [5.41, 5.74) is 17.8. The molecule has 0 unspecified atom stereocenters. The molecule has 0 spiro atoms. The number of nitrogens with zero attached hydrogens (tertiary/aromatic N) is 2. The van der Waals surface area contributed by atoms with Crippen LogP contribution in [0.4, 0.5) is 17.1 Å². The maximum Gasteiger partial charge on any atom is 0.0541 e. The third-order valence-electron chi connectivity index (χ3n) is 11.6. The molecule has 2 heterocycles. The molecule has 50 heavy (non-hydrogen) atoms. The molecule has 10 rings (SSSR count). The van der Waals surface area contributed by atoms with Crippen LogP contribution in [0.25, 0.3) is 49.7 Å². The molecule has 0 fully saturated rings. The molecule has 8 aromatic rings. The molecule has 0 amide bonds. The maximum atomic E-state index is 2.49. The number of aromatic nitrogens is 1. The predicted octanol–water partition coefficient (Wildman–Crippen LogP) is 12.9. The fourth-order valence-electron chi connectivity index (χ4n) is 8.98. The Bertz CT molecular complexity index is 2580. The minimum absolute atomic E-state index is 0.0665. The van der Waals surface area contributed by atoms with E-state index in [0.717, 1.165) is 0 Å². The van der Waals surface area contributed by atoms with Gasteiger partial charge in [0.25, 0.3) is 0 Å². The first-order chi connectivity index (χ1) is 24.3. The van der Waals surface area contributed by atoms with Gasteiger partial charge >= 0.3 is 0 Å². The Morgan fingerprint density at radius 1 is 0.380 bits per heavy atom. The van der Waals surface area contributed by atoms with Crippen molar-refractivity contribution in [1.82, 2.24) is 4.57 Å². The third kappa shape index (κ3) is 3.96. The van der Waals surface area contributed by atoms with Gasteiger partial charge in [0.05, 0.1) is 22.4 Å². The smallest absolute Gasteiger partial charge is 0.0541 e. The van der Waals surface area contributed by atoms with Gasteiger partial charge in [0, 0.05) is 33.0 Å². The van der Waals surface area contributed by atoms with E-state index in [1.807, 2.05) is 0 Å². The molecule has 2 heteroatoms. The molecular weight excluding hydrogens is 605 g/mol. The average Bonchev–Trinajstić information content (AvgIpc) is 3.60.